The fourth-order valence-corrected chi connectivity index (χ4v) is 1.25. The third-order valence-electron chi connectivity index (χ3n) is 1.81. The summed E-state index contributed by atoms with van der Waals surface area (Å²) in [6.07, 6.45) is -0.276. The van der Waals surface area contributed by atoms with Gasteiger partial charge in [0.15, 0.2) is 0 Å². The molecule has 1 saturated heterocycles. The zero-order valence-electron chi connectivity index (χ0n) is 6.63. The minimum Gasteiger partial charge on any atom is -0.346 e. The molecule has 1 rings (SSSR count). The monoisotopic (exact) mass is 143 g/mol. The SMILES string of the molecule is CCN1C(=O)C(C)OC1C. The Balaban J connectivity index is 2.64. The summed E-state index contributed by atoms with van der Waals surface area (Å²) in [7, 11) is 0. The summed E-state index contributed by atoms with van der Waals surface area (Å²) in [5.41, 5.74) is 0. The lowest BCUT2D eigenvalue weighted by molar-refractivity contribution is -0.129. The van der Waals surface area contributed by atoms with E-state index < -0.39 is 0 Å². The second-order valence-electron chi connectivity index (χ2n) is 2.50. The number of likely N-dealkylation sites (N-methyl/N-ethyl adjacent to an activating group) is 1. The van der Waals surface area contributed by atoms with Gasteiger partial charge in [0.05, 0.1) is 0 Å². The summed E-state index contributed by atoms with van der Waals surface area (Å²) in [6.45, 7) is 6.37. The van der Waals surface area contributed by atoms with Crippen LogP contribution in [-0.4, -0.2) is 29.7 Å². The van der Waals surface area contributed by atoms with Crippen LogP contribution in [0.25, 0.3) is 0 Å². The molecule has 0 aliphatic carbocycles. The zero-order valence-corrected chi connectivity index (χ0v) is 6.63. The topological polar surface area (TPSA) is 29.5 Å². The Bertz CT molecular complexity index is 147. The van der Waals surface area contributed by atoms with Gasteiger partial charge in [-0.05, 0) is 20.8 Å². The van der Waals surface area contributed by atoms with E-state index in [1.54, 1.807) is 11.8 Å². The molecule has 3 heteroatoms. The van der Waals surface area contributed by atoms with Crippen molar-refractivity contribution in [2.75, 3.05) is 6.54 Å². The number of nitrogens with zero attached hydrogens (tertiary/aromatic N) is 1. The van der Waals surface area contributed by atoms with Gasteiger partial charge < -0.3 is 9.64 Å². The normalized spacial score (nSPS) is 33.5. The average molecular weight is 143 g/mol. The first-order valence-electron chi connectivity index (χ1n) is 3.62. The smallest absolute Gasteiger partial charge is 0.253 e. The number of amides is 1. The van der Waals surface area contributed by atoms with E-state index in [9.17, 15) is 4.79 Å². The van der Waals surface area contributed by atoms with Gasteiger partial charge in [-0.1, -0.05) is 0 Å². The summed E-state index contributed by atoms with van der Waals surface area (Å²) in [6, 6.07) is 0. The first-order chi connectivity index (χ1) is 4.66. The molecule has 1 heterocycles. The van der Waals surface area contributed by atoms with Crippen molar-refractivity contribution in [1.82, 2.24) is 4.90 Å². The molecule has 0 spiro atoms. The van der Waals surface area contributed by atoms with Gasteiger partial charge in [-0.2, -0.15) is 0 Å². The van der Waals surface area contributed by atoms with Crippen LogP contribution in [0.5, 0.6) is 0 Å². The quantitative estimate of drug-likeness (QED) is 0.538. The number of rotatable bonds is 1. The predicted octanol–water partition coefficient (Wildman–Crippen LogP) is 0.600. The summed E-state index contributed by atoms with van der Waals surface area (Å²) in [5, 5.41) is 0. The van der Waals surface area contributed by atoms with Crippen LogP contribution in [-0.2, 0) is 9.53 Å². The van der Waals surface area contributed by atoms with Gasteiger partial charge in [-0.15, -0.1) is 0 Å². The van der Waals surface area contributed by atoms with Gasteiger partial charge >= 0.3 is 0 Å². The van der Waals surface area contributed by atoms with Crippen molar-refractivity contribution in [2.24, 2.45) is 0 Å². The van der Waals surface area contributed by atoms with Crippen LogP contribution in [0.15, 0.2) is 0 Å². The van der Waals surface area contributed by atoms with Gasteiger partial charge in [0, 0.05) is 6.54 Å². The van der Waals surface area contributed by atoms with Crippen LogP contribution in [0.2, 0.25) is 0 Å². The van der Waals surface area contributed by atoms with Crippen molar-refractivity contribution in [2.45, 2.75) is 33.1 Å². The lowest BCUT2D eigenvalue weighted by Crippen LogP contribution is -2.32. The highest BCUT2D eigenvalue weighted by Gasteiger charge is 2.33. The van der Waals surface area contributed by atoms with E-state index in [0.717, 1.165) is 6.54 Å². The highest BCUT2D eigenvalue weighted by atomic mass is 16.5. The largest absolute Gasteiger partial charge is 0.346 e. The van der Waals surface area contributed by atoms with Gasteiger partial charge in [-0.3, -0.25) is 4.79 Å². The van der Waals surface area contributed by atoms with Crippen LogP contribution in [0.1, 0.15) is 20.8 Å². The van der Waals surface area contributed by atoms with E-state index in [-0.39, 0.29) is 18.2 Å². The first-order valence-corrected chi connectivity index (χ1v) is 3.62. The molecular weight excluding hydrogens is 130 g/mol. The van der Waals surface area contributed by atoms with Gasteiger partial charge in [0.25, 0.3) is 5.91 Å². The molecule has 1 fully saturated rings. The Morgan fingerprint density at radius 3 is 2.40 bits per heavy atom. The van der Waals surface area contributed by atoms with Crippen molar-refractivity contribution in [3.63, 3.8) is 0 Å². The highest BCUT2D eigenvalue weighted by Crippen LogP contribution is 2.15. The Morgan fingerprint density at radius 2 is 2.20 bits per heavy atom. The number of hydrogen-bond donors (Lipinski definition) is 0. The van der Waals surface area contributed by atoms with Gasteiger partial charge in [0.1, 0.15) is 12.3 Å². The van der Waals surface area contributed by atoms with Crippen LogP contribution in [0.3, 0.4) is 0 Å². The molecule has 0 aromatic carbocycles. The van der Waals surface area contributed by atoms with E-state index in [1.165, 1.54) is 0 Å². The van der Waals surface area contributed by atoms with Gasteiger partial charge in [0.2, 0.25) is 0 Å². The molecule has 0 aromatic heterocycles. The Labute approximate surface area is 61.0 Å². The molecule has 0 aromatic rings. The Kier molecular flexibility index (Phi) is 1.94. The molecule has 58 valence electrons. The van der Waals surface area contributed by atoms with Crippen molar-refractivity contribution in [1.29, 1.82) is 0 Å². The second kappa shape index (κ2) is 2.58. The molecule has 1 aliphatic heterocycles. The number of carbonyl (C=O) groups excluding carboxylic acids is 1. The maximum Gasteiger partial charge on any atom is 0.253 e. The fourth-order valence-electron chi connectivity index (χ4n) is 1.25. The predicted molar refractivity (Wildman–Crippen MR) is 37.4 cm³/mol. The Hall–Kier alpha value is -0.570. The molecule has 3 nitrogen and oxygen atoms in total. The van der Waals surface area contributed by atoms with Crippen molar-refractivity contribution < 1.29 is 9.53 Å². The Morgan fingerprint density at radius 1 is 1.60 bits per heavy atom. The number of hydrogen-bond acceptors (Lipinski definition) is 2. The zero-order chi connectivity index (χ0) is 7.72. The highest BCUT2D eigenvalue weighted by molar-refractivity contribution is 5.82. The standard InChI is InChI=1S/C7H13NO2/c1-4-8-6(3)10-5(2)7(8)9/h5-6H,4H2,1-3H3. The molecule has 0 N–H and O–H groups in total. The van der Waals surface area contributed by atoms with Crippen molar-refractivity contribution in [3.05, 3.63) is 0 Å². The molecular formula is C7H13NO2. The summed E-state index contributed by atoms with van der Waals surface area (Å²) in [4.78, 5) is 12.9. The molecule has 1 aliphatic rings. The molecule has 10 heavy (non-hydrogen) atoms. The van der Waals surface area contributed by atoms with Crippen molar-refractivity contribution in [3.8, 4) is 0 Å². The summed E-state index contributed by atoms with van der Waals surface area (Å²) >= 11 is 0. The third kappa shape index (κ3) is 1.01. The van der Waals surface area contributed by atoms with E-state index in [0.29, 0.717) is 0 Å². The van der Waals surface area contributed by atoms with E-state index in [2.05, 4.69) is 0 Å². The maximum absolute atomic E-state index is 11.1. The maximum atomic E-state index is 11.1. The fraction of sp³-hybridized carbons (Fsp3) is 0.857. The third-order valence-corrected chi connectivity index (χ3v) is 1.81. The van der Waals surface area contributed by atoms with Crippen LogP contribution in [0.4, 0.5) is 0 Å². The lowest BCUT2D eigenvalue weighted by Gasteiger charge is -2.16. The minimum atomic E-state index is -0.241. The minimum absolute atomic E-state index is 0.0347. The van der Waals surface area contributed by atoms with Crippen molar-refractivity contribution >= 4 is 5.91 Å². The molecule has 0 saturated carbocycles. The van der Waals surface area contributed by atoms with Crippen LogP contribution < -0.4 is 0 Å². The molecule has 0 radical (unpaired) electrons. The molecule has 1 amide bonds. The number of carbonyl (C=O) groups is 1. The van der Waals surface area contributed by atoms with Gasteiger partial charge in [-0.25, -0.2) is 0 Å². The van der Waals surface area contributed by atoms with E-state index in [1.807, 2.05) is 13.8 Å². The average Bonchev–Trinajstić information content (AvgIpc) is 2.09. The number of ether oxygens (including phenoxy) is 1. The molecule has 0 bridgehead atoms. The summed E-state index contributed by atoms with van der Waals surface area (Å²) in [5.74, 6) is 0.106. The molecule has 2 unspecified atom stereocenters. The second-order valence-corrected chi connectivity index (χ2v) is 2.50. The van der Waals surface area contributed by atoms with E-state index in [4.69, 9.17) is 4.74 Å². The lowest BCUT2D eigenvalue weighted by atomic mass is 10.4. The molecule has 2 atom stereocenters. The van der Waals surface area contributed by atoms with E-state index >= 15 is 0 Å². The summed E-state index contributed by atoms with van der Waals surface area (Å²) < 4.78 is 5.25. The first kappa shape index (κ1) is 7.54. The van der Waals surface area contributed by atoms with Crippen LogP contribution >= 0.6 is 0 Å². The van der Waals surface area contributed by atoms with Crippen LogP contribution in [0, 0.1) is 0 Å².